The summed E-state index contributed by atoms with van der Waals surface area (Å²) in [5, 5.41) is 0. The van der Waals surface area contributed by atoms with Crippen molar-refractivity contribution in [2.24, 2.45) is 0 Å². The zero-order valence-electron chi connectivity index (χ0n) is 16.3. The molecule has 0 aromatic heterocycles. The summed E-state index contributed by atoms with van der Waals surface area (Å²) >= 11 is 0. The fourth-order valence-corrected chi connectivity index (χ4v) is 4.37. The maximum absolute atomic E-state index is 12.6. The molecule has 0 amide bonds. The van der Waals surface area contributed by atoms with Gasteiger partial charge < -0.3 is 9.22 Å². The smallest absolute Gasteiger partial charge is 0.339 e. The molecular weight excluding hydrogens is 298 g/mol. The van der Waals surface area contributed by atoms with Crippen LogP contribution in [0.5, 0.6) is 0 Å². The maximum atomic E-state index is 12.6. The molecule has 0 radical (unpaired) electrons. The first kappa shape index (κ1) is 19.0. The van der Waals surface area contributed by atoms with Crippen molar-refractivity contribution in [1.82, 2.24) is 0 Å². The molecule has 0 bridgehead atoms. The molecule has 2 rings (SSSR count). The molecule has 0 N–H and O–H groups in total. The van der Waals surface area contributed by atoms with Crippen molar-refractivity contribution in [3.05, 3.63) is 34.4 Å². The number of likely N-dealkylation sites (N-methyl/N-ethyl adjacent to an activating group) is 1. The van der Waals surface area contributed by atoms with Crippen LogP contribution in [0.25, 0.3) is 0 Å². The van der Waals surface area contributed by atoms with Crippen molar-refractivity contribution in [3.8, 4) is 0 Å². The quantitative estimate of drug-likeness (QED) is 0.583. The van der Waals surface area contributed by atoms with E-state index in [2.05, 4.69) is 33.2 Å². The predicted octanol–water partition coefficient (Wildman–Crippen LogP) is 4.57. The van der Waals surface area contributed by atoms with E-state index in [9.17, 15) is 4.79 Å². The molecule has 0 aliphatic heterocycles. The number of carbonyl (C=O) groups is 1. The third kappa shape index (κ3) is 4.60. The number of quaternary nitrogens is 1. The maximum Gasteiger partial charge on any atom is 0.339 e. The molecule has 1 saturated carbocycles. The molecule has 1 aliphatic rings. The molecule has 0 heterocycles. The topological polar surface area (TPSA) is 26.3 Å². The van der Waals surface area contributed by atoms with Gasteiger partial charge in [0.2, 0.25) is 0 Å². The number of esters is 1. The van der Waals surface area contributed by atoms with Gasteiger partial charge in [-0.2, -0.15) is 0 Å². The number of benzene rings is 1. The van der Waals surface area contributed by atoms with Gasteiger partial charge in [0.1, 0.15) is 12.6 Å². The van der Waals surface area contributed by atoms with Crippen molar-refractivity contribution in [2.75, 3.05) is 20.6 Å². The van der Waals surface area contributed by atoms with Gasteiger partial charge in [-0.25, -0.2) is 4.79 Å². The van der Waals surface area contributed by atoms with E-state index in [0.717, 1.165) is 27.7 Å². The molecule has 24 heavy (non-hydrogen) atoms. The molecule has 1 aliphatic carbocycles. The van der Waals surface area contributed by atoms with Crippen LogP contribution in [-0.4, -0.2) is 43.2 Å². The van der Waals surface area contributed by atoms with Gasteiger partial charge in [-0.1, -0.05) is 24.1 Å². The Morgan fingerprint density at radius 1 is 1.12 bits per heavy atom. The van der Waals surface area contributed by atoms with Crippen molar-refractivity contribution in [2.45, 2.75) is 71.9 Å². The van der Waals surface area contributed by atoms with Gasteiger partial charge in [0.15, 0.2) is 0 Å². The first-order valence-electron chi connectivity index (χ1n) is 9.32. The second kappa shape index (κ2) is 7.69. The third-order valence-corrected chi connectivity index (χ3v) is 5.48. The van der Waals surface area contributed by atoms with Gasteiger partial charge in [0.25, 0.3) is 0 Å². The van der Waals surface area contributed by atoms with E-state index >= 15 is 0 Å². The lowest BCUT2D eigenvalue weighted by Gasteiger charge is -2.41. The van der Waals surface area contributed by atoms with Crippen molar-refractivity contribution >= 4 is 5.97 Å². The van der Waals surface area contributed by atoms with Gasteiger partial charge in [-0.05, 0) is 64.5 Å². The Kier molecular flexibility index (Phi) is 6.08. The number of carbonyl (C=O) groups excluding carboxylic acids is 1. The number of hydrogen-bond acceptors (Lipinski definition) is 2. The summed E-state index contributed by atoms with van der Waals surface area (Å²) in [6.45, 7) is 8.94. The van der Waals surface area contributed by atoms with Crippen LogP contribution in [0.1, 0.15) is 66.1 Å². The molecular formula is C21H34NO2+. The van der Waals surface area contributed by atoms with Gasteiger partial charge in [0, 0.05) is 0 Å². The average Bonchev–Trinajstić information content (AvgIpc) is 2.46. The second-order valence-electron chi connectivity index (χ2n) is 8.24. The SMILES string of the molecule is Cc1cc(C)c(C(=O)O[C@H](C)C[N+](C)(C)C2CCCCC2)c(C)c1. The standard InChI is InChI=1S/C21H34NO2/c1-15-12-16(2)20(17(3)13-15)21(23)24-18(4)14-22(5,6)19-10-8-7-9-11-19/h12-13,18-19H,7-11,14H2,1-6H3/q+1/t18-/m1/s1. The minimum Gasteiger partial charge on any atom is -0.453 e. The van der Waals surface area contributed by atoms with Crippen LogP contribution in [0.4, 0.5) is 0 Å². The van der Waals surface area contributed by atoms with Crippen LogP contribution in [0.2, 0.25) is 0 Å². The molecule has 1 atom stereocenters. The number of hydrogen-bond donors (Lipinski definition) is 0. The van der Waals surface area contributed by atoms with Crippen molar-refractivity contribution in [1.29, 1.82) is 0 Å². The van der Waals surface area contributed by atoms with Crippen molar-refractivity contribution < 1.29 is 14.0 Å². The van der Waals surface area contributed by atoms with Crippen LogP contribution < -0.4 is 0 Å². The van der Waals surface area contributed by atoms with E-state index in [1.807, 2.05) is 20.8 Å². The molecule has 0 saturated heterocycles. The molecule has 0 spiro atoms. The highest BCUT2D eigenvalue weighted by Crippen LogP contribution is 2.26. The molecule has 134 valence electrons. The van der Waals surface area contributed by atoms with Crippen LogP contribution in [0, 0.1) is 20.8 Å². The molecule has 1 aromatic carbocycles. The summed E-state index contributed by atoms with van der Waals surface area (Å²) in [6, 6.07) is 4.80. The van der Waals surface area contributed by atoms with E-state index in [4.69, 9.17) is 4.74 Å². The summed E-state index contributed by atoms with van der Waals surface area (Å²) in [5.41, 5.74) is 3.93. The summed E-state index contributed by atoms with van der Waals surface area (Å²) in [5.74, 6) is -0.179. The van der Waals surface area contributed by atoms with E-state index in [-0.39, 0.29) is 12.1 Å². The van der Waals surface area contributed by atoms with Crippen molar-refractivity contribution in [3.63, 3.8) is 0 Å². The molecule has 1 aromatic rings. The van der Waals surface area contributed by atoms with Crippen LogP contribution in [-0.2, 0) is 4.74 Å². The number of aryl methyl sites for hydroxylation is 3. The first-order chi connectivity index (χ1) is 11.2. The van der Waals surface area contributed by atoms with E-state index in [1.54, 1.807) is 0 Å². The monoisotopic (exact) mass is 332 g/mol. The Bertz CT molecular complexity index is 562. The summed E-state index contributed by atoms with van der Waals surface area (Å²) in [6.07, 6.45) is 6.56. The van der Waals surface area contributed by atoms with E-state index in [0.29, 0.717) is 6.04 Å². The zero-order valence-corrected chi connectivity index (χ0v) is 16.3. The highest BCUT2D eigenvalue weighted by molar-refractivity contribution is 5.92. The number of rotatable bonds is 5. The molecule has 0 unspecified atom stereocenters. The fourth-order valence-electron chi connectivity index (χ4n) is 4.37. The predicted molar refractivity (Wildman–Crippen MR) is 99.4 cm³/mol. The summed E-state index contributed by atoms with van der Waals surface area (Å²) < 4.78 is 6.75. The minimum atomic E-state index is -0.179. The fraction of sp³-hybridized carbons (Fsp3) is 0.667. The lowest BCUT2D eigenvalue weighted by molar-refractivity contribution is -0.918. The lowest BCUT2D eigenvalue weighted by Crippen LogP contribution is -2.53. The third-order valence-electron chi connectivity index (χ3n) is 5.48. The normalized spacial score (nSPS) is 17.6. The Hall–Kier alpha value is -1.35. The Labute approximate surface area is 147 Å². The highest BCUT2D eigenvalue weighted by atomic mass is 16.5. The first-order valence-corrected chi connectivity index (χ1v) is 9.32. The molecule has 1 fully saturated rings. The number of nitrogens with zero attached hydrogens (tertiary/aromatic N) is 1. The van der Waals surface area contributed by atoms with Gasteiger partial charge >= 0.3 is 5.97 Å². The van der Waals surface area contributed by atoms with Gasteiger partial charge in [-0.3, -0.25) is 0 Å². The van der Waals surface area contributed by atoms with Crippen LogP contribution in [0.15, 0.2) is 12.1 Å². The Morgan fingerprint density at radius 2 is 1.67 bits per heavy atom. The van der Waals surface area contributed by atoms with Crippen LogP contribution >= 0.6 is 0 Å². The Morgan fingerprint density at radius 3 is 2.21 bits per heavy atom. The van der Waals surface area contributed by atoms with E-state index < -0.39 is 0 Å². The largest absolute Gasteiger partial charge is 0.453 e. The zero-order chi connectivity index (χ0) is 17.9. The lowest BCUT2D eigenvalue weighted by atomic mass is 9.93. The number of ether oxygens (including phenoxy) is 1. The minimum absolute atomic E-state index is 0.0745. The average molecular weight is 333 g/mol. The van der Waals surface area contributed by atoms with Crippen LogP contribution in [0.3, 0.4) is 0 Å². The highest BCUT2D eigenvalue weighted by Gasteiger charge is 2.32. The van der Waals surface area contributed by atoms with Gasteiger partial charge in [-0.15, -0.1) is 0 Å². The second-order valence-corrected chi connectivity index (χ2v) is 8.24. The van der Waals surface area contributed by atoms with E-state index in [1.165, 1.54) is 37.7 Å². The summed E-state index contributed by atoms with van der Waals surface area (Å²) in [4.78, 5) is 12.6. The molecule has 3 heteroatoms. The Balaban J connectivity index is 2.01. The summed E-state index contributed by atoms with van der Waals surface area (Å²) in [7, 11) is 4.56. The van der Waals surface area contributed by atoms with Gasteiger partial charge in [0.05, 0.1) is 25.7 Å². The molecule has 3 nitrogen and oxygen atoms in total.